The zero-order valence-corrected chi connectivity index (χ0v) is 53.6. The van der Waals surface area contributed by atoms with Gasteiger partial charge in [0.25, 0.3) is 11.4 Å². The number of non-ortho nitro benzene ring substituents is 2. The molecule has 0 aliphatic carbocycles. The van der Waals surface area contributed by atoms with Crippen LogP contribution in [0.25, 0.3) is 0 Å². The van der Waals surface area contributed by atoms with E-state index in [0.717, 1.165) is 46.3 Å². The molecule has 0 aromatic heterocycles. The van der Waals surface area contributed by atoms with Crippen molar-refractivity contribution in [1.82, 2.24) is 24.1 Å². The highest BCUT2D eigenvalue weighted by atomic mass is 32.2. The van der Waals surface area contributed by atoms with E-state index in [0.29, 0.717) is 43.9 Å². The number of rotatable bonds is 30. The Labute approximate surface area is 534 Å². The monoisotopic (exact) mass is 1320 g/mol. The lowest BCUT2D eigenvalue weighted by atomic mass is 10.0. The molecule has 0 saturated carbocycles. The molecule has 2 heterocycles. The molecule has 30 heteroatoms. The number of carbonyl (C=O) groups is 4. The molecule has 5 aromatic carbocycles. The average Bonchev–Trinajstić information content (AvgIpc) is 1.17. The van der Waals surface area contributed by atoms with E-state index in [-0.39, 0.29) is 91.0 Å². The summed E-state index contributed by atoms with van der Waals surface area (Å²) in [4.78, 5) is 74.9. The summed E-state index contributed by atoms with van der Waals surface area (Å²) >= 11 is 0. The van der Waals surface area contributed by atoms with Gasteiger partial charge in [-0.3, -0.25) is 20.2 Å². The number of nitrogen functional groups attached to an aromatic ring is 1. The number of hydrogen-bond donors (Lipinski definition) is 3. The Balaban J connectivity index is 0.000000295. The van der Waals surface area contributed by atoms with Crippen LogP contribution in [0.5, 0.6) is 5.75 Å². The minimum Gasteiger partial charge on any atom is -0.444 e. The molecule has 92 heavy (non-hydrogen) atoms. The van der Waals surface area contributed by atoms with Crippen molar-refractivity contribution in [3.8, 4) is 5.75 Å². The van der Waals surface area contributed by atoms with Crippen LogP contribution in [-0.4, -0.2) is 181 Å². The van der Waals surface area contributed by atoms with Gasteiger partial charge in [-0.2, -0.15) is 8.61 Å². The topological polar surface area (TPSA) is 356 Å². The number of nitrogens with two attached hydrogens (primary N) is 1. The Bertz CT molecular complexity index is 3400. The van der Waals surface area contributed by atoms with Crippen molar-refractivity contribution in [2.75, 3.05) is 85.6 Å². The van der Waals surface area contributed by atoms with Gasteiger partial charge >= 0.3 is 24.5 Å². The molecule has 5 aromatic rings. The van der Waals surface area contributed by atoms with E-state index in [4.69, 9.17) is 43.6 Å². The van der Waals surface area contributed by atoms with Crippen molar-refractivity contribution in [3.05, 3.63) is 165 Å². The van der Waals surface area contributed by atoms with E-state index < -0.39 is 97.4 Å². The van der Waals surface area contributed by atoms with Gasteiger partial charge in [0, 0.05) is 62.4 Å². The molecule has 0 bridgehead atoms. The highest BCUT2D eigenvalue weighted by molar-refractivity contribution is 7.89. The van der Waals surface area contributed by atoms with Gasteiger partial charge in [-0.25, -0.2) is 36.0 Å². The lowest BCUT2D eigenvalue weighted by Gasteiger charge is -2.33. The van der Waals surface area contributed by atoms with Crippen molar-refractivity contribution in [2.45, 2.75) is 99.7 Å². The maximum absolute atomic E-state index is 14.0. The lowest BCUT2D eigenvalue weighted by Crippen LogP contribution is -2.53. The molecule has 0 unspecified atom stereocenters. The zero-order chi connectivity index (χ0) is 67.0. The van der Waals surface area contributed by atoms with Crippen molar-refractivity contribution >= 4 is 61.6 Å². The van der Waals surface area contributed by atoms with Crippen molar-refractivity contribution < 1.29 is 83.8 Å². The minimum absolute atomic E-state index is 0.0443. The van der Waals surface area contributed by atoms with E-state index in [1.807, 2.05) is 63.2 Å². The number of nitrogens with zero attached hydrogens (tertiary/aromatic N) is 5. The zero-order valence-electron chi connectivity index (χ0n) is 52.0. The number of carbonyl (C=O) groups excluding carboxylic acids is 4. The Hall–Kier alpha value is -8.52. The van der Waals surface area contributed by atoms with Crippen LogP contribution in [-0.2, 0) is 66.0 Å². The molecule has 6 atom stereocenters. The van der Waals surface area contributed by atoms with Crippen LogP contribution < -0.4 is 21.1 Å². The van der Waals surface area contributed by atoms with Gasteiger partial charge in [0.2, 0.25) is 20.0 Å². The third kappa shape index (κ3) is 23.6. The summed E-state index contributed by atoms with van der Waals surface area (Å²) in [5.41, 5.74) is 7.23. The molecular formula is C62H80N8O20S2. The van der Waals surface area contributed by atoms with Gasteiger partial charge in [-0.1, -0.05) is 88.4 Å². The van der Waals surface area contributed by atoms with Crippen LogP contribution in [0.3, 0.4) is 0 Å². The number of benzene rings is 5. The first-order chi connectivity index (χ1) is 43.7. The second-order valence-electron chi connectivity index (χ2n) is 22.7. The summed E-state index contributed by atoms with van der Waals surface area (Å²) in [6.07, 6.45) is -5.90. The molecule has 2 fully saturated rings. The van der Waals surface area contributed by atoms with Crippen LogP contribution >= 0.6 is 0 Å². The fraction of sp³-hybridized carbons (Fsp3) is 0.452. The molecule has 2 saturated heterocycles. The van der Waals surface area contributed by atoms with Gasteiger partial charge in [-0.05, 0) is 98.4 Å². The SMILES string of the molecule is CC(C)CN(C[C@@H](OC(=O)OCCN(C)C)[C@H](Cc1ccccc1)NC(=O)O[C@H]1CCOC1)S(=O)(=O)c1ccc(N)cc1.CC(C)CN(C[C@@H](OC(=O)Oc1ccc([N+](=O)[O-])cc1)[C@H](Cc1ccccc1)NC(=O)O[C@H]1CCOC1)S(=O)(=O)c1ccc([N+](=O)[O-])cc1. The molecule has 4 N–H and O–H groups in total. The highest BCUT2D eigenvalue weighted by Crippen LogP contribution is 2.26. The standard InChI is InChI=1S/C32H36N4O12S.C30H44N4O8S/c1-22(2)19-34(49(43,44)28-14-10-25(11-15-28)36(41)42)20-30(48-32(38)47-26-12-8-24(9-13-26)35(39)40)29(18-23-6-4-3-5-7-23)33-31(37)46-27-16-17-45-21-27;1-22(2)19-34(43(37,38)26-12-10-24(31)11-13-26)20-28(42-30(36)40-17-15-33(3)4)27(18-23-8-6-5-7-9-23)32-29(35)41-25-14-16-39-21-25/h3-15,22,27,29-30H,16-21H2,1-2H3,(H,33,37);5-13,22,25,27-28H,14-21,31H2,1-4H3,(H,32,35)/t27-,29-,30+;25-,27-,28+/m00/s1. The summed E-state index contributed by atoms with van der Waals surface area (Å²) < 4.78 is 102. The van der Waals surface area contributed by atoms with Crippen LogP contribution in [0.15, 0.2) is 143 Å². The first-order valence-electron chi connectivity index (χ1n) is 29.6. The minimum atomic E-state index is -4.34. The van der Waals surface area contributed by atoms with Crippen LogP contribution in [0.4, 0.5) is 36.2 Å². The van der Waals surface area contributed by atoms with Gasteiger partial charge in [0.1, 0.15) is 36.8 Å². The normalized spacial score (nSPS) is 16.2. The fourth-order valence-corrected chi connectivity index (χ4v) is 12.7. The number of ether oxygens (including phenoxy) is 8. The fourth-order valence-electron chi connectivity index (χ4n) is 9.45. The quantitative estimate of drug-likeness (QED) is 0.00978. The predicted molar refractivity (Wildman–Crippen MR) is 335 cm³/mol. The molecule has 0 spiro atoms. The molecule has 0 radical (unpaired) electrons. The number of nitro groups is 2. The van der Waals surface area contributed by atoms with E-state index in [9.17, 15) is 56.2 Å². The summed E-state index contributed by atoms with van der Waals surface area (Å²) in [6.45, 7) is 8.59. The van der Waals surface area contributed by atoms with Gasteiger partial charge in [0.05, 0.1) is 71.2 Å². The first-order valence-corrected chi connectivity index (χ1v) is 32.5. The Morgan fingerprint density at radius 3 is 1.37 bits per heavy atom. The smallest absolute Gasteiger partial charge is 0.444 e. The molecule has 2 aliphatic rings. The number of likely N-dealkylation sites (N-methyl/N-ethyl adjacent to an activating group) is 1. The van der Waals surface area contributed by atoms with E-state index in [1.54, 1.807) is 44.2 Å². The number of sulfonamides is 2. The summed E-state index contributed by atoms with van der Waals surface area (Å²) in [6, 6.07) is 31.1. The van der Waals surface area contributed by atoms with E-state index in [2.05, 4.69) is 10.6 Å². The van der Waals surface area contributed by atoms with Crippen LogP contribution in [0, 0.1) is 32.1 Å². The number of anilines is 1. The number of alkyl carbamates (subject to hydrolysis) is 2. The number of nitrogens with one attached hydrogen (secondary N) is 2. The van der Waals surface area contributed by atoms with Crippen molar-refractivity contribution in [1.29, 1.82) is 0 Å². The highest BCUT2D eigenvalue weighted by Gasteiger charge is 2.38. The largest absolute Gasteiger partial charge is 0.514 e. The van der Waals surface area contributed by atoms with Crippen LogP contribution in [0.1, 0.15) is 51.7 Å². The summed E-state index contributed by atoms with van der Waals surface area (Å²) in [5, 5.41) is 27.8. The summed E-state index contributed by atoms with van der Waals surface area (Å²) in [5.74, 6) is -0.377. The van der Waals surface area contributed by atoms with E-state index in [1.165, 1.54) is 40.7 Å². The number of nitro benzene ring substituents is 2. The third-order valence-corrected chi connectivity index (χ3v) is 17.7. The van der Waals surface area contributed by atoms with Gasteiger partial charge in [0.15, 0.2) is 0 Å². The van der Waals surface area contributed by atoms with Gasteiger partial charge in [-0.15, -0.1) is 0 Å². The number of hydrogen-bond acceptors (Lipinski definition) is 22. The molecule has 2 amide bonds. The third-order valence-electron chi connectivity index (χ3n) is 14.0. The first kappa shape index (κ1) is 72.5. The Kier molecular flexibility index (Phi) is 27.9. The maximum Gasteiger partial charge on any atom is 0.514 e. The molecule has 28 nitrogen and oxygen atoms in total. The second kappa shape index (κ2) is 35.3. The van der Waals surface area contributed by atoms with Gasteiger partial charge < -0.3 is 59.2 Å². The molecule has 2 aliphatic heterocycles. The molecular weight excluding hydrogens is 1240 g/mol. The summed E-state index contributed by atoms with van der Waals surface area (Å²) in [7, 11) is -4.71. The second-order valence-corrected chi connectivity index (χ2v) is 26.6. The van der Waals surface area contributed by atoms with E-state index >= 15 is 0 Å². The molecule has 7 rings (SSSR count). The Morgan fingerprint density at radius 2 is 0.989 bits per heavy atom. The molecule has 500 valence electrons. The van der Waals surface area contributed by atoms with Crippen molar-refractivity contribution in [2.24, 2.45) is 11.8 Å². The van der Waals surface area contributed by atoms with Crippen molar-refractivity contribution in [3.63, 3.8) is 0 Å². The lowest BCUT2D eigenvalue weighted by molar-refractivity contribution is -0.385. The number of amides is 2. The average molecular weight is 1320 g/mol. The predicted octanol–water partition coefficient (Wildman–Crippen LogP) is 7.99. The van der Waals surface area contributed by atoms with Crippen LogP contribution in [0.2, 0.25) is 0 Å². The maximum atomic E-state index is 14.0. The Morgan fingerprint density at radius 1 is 0.587 bits per heavy atom.